The van der Waals surface area contributed by atoms with E-state index in [0.717, 1.165) is 83.4 Å². The third-order valence-corrected chi connectivity index (χ3v) is 9.84. The molecule has 2 aliphatic rings. The van der Waals surface area contributed by atoms with Gasteiger partial charge in [-0.1, -0.05) is 127 Å². The van der Waals surface area contributed by atoms with Crippen LogP contribution in [-0.4, -0.2) is 11.9 Å². The van der Waals surface area contributed by atoms with Crippen molar-refractivity contribution in [2.24, 2.45) is 0 Å². The number of para-hydroxylation sites is 2. The van der Waals surface area contributed by atoms with E-state index in [4.69, 9.17) is 9.47 Å². The summed E-state index contributed by atoms with van der Waals surface area (Å²) in [6.45, 7) is 4.42. The van der Waals surface area contributed by atoms with Crippen molar-refractivity contribution in [2.45, 2.75) is 117 Å². The van der Waals surface area contributed by atoms with Gasteiger partial charge in [-0.25, -0.2) is 0 Å². The summed E-state index contributed by atoms with van der Waals surface area (Å²) in [5, 5.41) is 23.6. The summed E-state index contributed by atoms with van der Waals surface area (Å²) in [5.41, 5.74) is 5.96. The van der Waals surface area contributed by atoms with Crippen LogP contribution in [-0.2, 0) is 45.2 Å². The minimum Gasteiger partial charge on any atom is -0.545 e. The van der Waals surface area contributed by atoms with E-state index in [1.54, 1.807) is 0 Å². The third-order valence-electron chi connectivity index (χ3n) is 9.84. The Bertz CT molecular complexity index is 1630. The van der Waals surface area contributed by atoms with Crippen LogP contribution in [0.15, 0.2) is 72.8 Å². The summed E-state index contributed by atoms with van der Waals surface area (Å²) in [6, 6.07) is 23.2. The first-order chi connectivity index (χ1) is 24.4. The van der Waals surface area contributed by atoms with Crippen LogP contribution in [0.5, 0.6) is 23.0 Å². The molecule has 4 aromatic rings. The number of ether oxygens (including phenoxy) is 2. The van der Waals surface area contributed by atoms with Gasteiger partial charge in [-0.15, -0.1) is 0 Å². The molecule has 264 valence electrons. The molecule has 0 bridgehead atoms. The largest absolute Gasteiger partial charge is 2.00 e. The number of carbonyl (C=O) groups is 2. The first-order valence-electron chi connectivity index (χ1n) is 18.6. The molecule has 7 heteroatoms. The molecule has 0 amide bonds. The average molecular weight is 740 g/mol. The van der Waals surface area contributed by atoms with Crippen LogP contribution in [0.25, 0.3) is 0 Å². The summed E-state index contributed by atoms with van der Waals surface area (Å²) >= 11 is 0. The maximum atomic E-state index is 11.8. The van der Waals surface area contributed by atoms with Gasteiger partial charge < -0.3 is 29.3 Å². The van der Waals surface area contributed by atoms with Crippen molar-refractivity contribution < 1.29 is 48.8 Å². The number of unbranched alkanes of at least 4 members (excludes halogenated alkanes) is 10. The average Bonchev–Trinajstić information content (AvgIpc) is 3.12. The van der Waals surface area contributed by atoms with Gasteiger partial charge in [0.1, 0.15) is 23.0 Å². The fourth-order valence-electron chi connectivity index (χ4n) is 7.13. The van der Waals surface area contributed by atoms with E-state index in [9.17, 15) is 19.8 Å². The maximum Gasteiger partial charge on any atom is 2.00 e. The zero-order valence-corrected chi connectivity index (χ0v) is 33.4. The molecule has 0 unspecified atom stereocenters. The summed E-state index contributed by atoms with van der Waals surface area (Å²) in [5.74, 6) is 0.710. The molecule has 2 heterocycles. The topological polar surface area (TPSA) is 98.7 Å². The van der Waals surface area contributed by atoms with Gasteiger partial charge in [-0.2, -0.15) is 0 Å². The first-order valence-corrected chi connectivity index (χ1v) is 18.6. The van der Waals surface area contributed by atoms with Gasteiger partial charge in [0, 0.05) is 35.1 Å². The molecule has 0 N–H and O–H groups in total. The summed E-state index contributed by atoms with van der Waals surface area (Å²) in [6.07, 6.45) is 17.0. The number of hydrogen-bond acceptors (Lipinski definition) is 6. The van der Waals surface area contributed by atoms with E-state index in [1.165, 1.54) is 51.4 Å². The van der Waals surface area contributed by atoms with Crippen molar-refractivity contribution in [2.75, 3.05) is 0 Å². The number of hydrogen-bond donors (Lipinski definition) is 0. The number of aromatic carboxylic acids is 2. The first kappa shape index (κ1) is 39.8. The number of aryl methyl sites for hydroxylation is 2. The summed E-state index contributed by atoms with van der Waals surface area (Å²) in [7, 11) is 0. The molecule has 0 saturated heterocycles. The second-order valence-corrected chi connectivity index (χ2v) is 13.5. The summed E-state index contributed by atoms with van der Waals surface area (Å²) < 4.78 is 11.8. The third kappa shape index (κ3) is 10.5. The normalized spacial score (nSPS) is 12.0. The van der Waals surface area contributed by atoms with Gasteiger partial charge in [0.15, 0.2) is 0 Å². The second-order valence-electron chi connectivity index (χ2n) is 13.5. The van der Waals surface area contributed by atoms with E-state index in [1.807, 2.05) is 72.8 Å². The molecule has 6 nitrogen and oxygen atoms in total. The minimum absolute atomic E-state index is 0. The van der Waals surface area contributed by atoms with E-state index in [2.05, 4.69) is 13.8 Å². The zero-order valence-electron chi connectivity index (χ0n) is 30.4. The van der Waals surface area contributed by atoms with Crippen LogP contribution in [0.1, 0.15) is 145 Å². The van der Waals surface area contributed by atoms with Crippen LogP contribution in [0.2, 0.25) is 0 Å². The molecule has 6 rings (SSSR count). The van der Waals surface area contributed by atoms with Crippen LogP contribution in [0.4, 0.5) is 0 Å². The number of rotatable bonds is 16. The van der Waals surface area contributed by atoms with Gasteiger partial charge in [0.2, 0.25) is 0 Å². The Morgan fingerprint density at radius 2 is 0.882 bits per heavy atom. The van der Waals surface area contributed by atoms with E-state index in [-0.39, 0.29) is 19.5 Å². The Kier molecular flexibility index (Phi) is 15.8. The van der Waals surface area contributed by atoms with E-state index < -0.39 is 11.9 Å². The molecule has 0 spiro atoms. The Balaban J connectivity index is 0.000000224. The monoisotopic (exact) mass is 738 g/mol. The van der Waals surface area contributed by atoms with Crippen molar-refractivity contribution in [1.29, 1.82) is 0 Å². The van der Waals surface area contributed by atoms with Crippen LogP contribution >= 0.6 is 0 Å². The Morgan fingerprint density at radius 3 is 1.27 bits per heavy atom. The van der Waals surface area contributed by atoms with Crippen LogP contribution < -0.4 is 19.7 Å². The van der Waals surface area contributed by atoms with Crippen molar-refractivity contribution in [3.05, 3.63) is 117 Å². The fraction of sp³-hybridized carbons (Fsp3) is 0.409. The zero-order chi connectivity index (χ0) is 35.3. The van der Waals surface area contributed by atoms with Gasteiger partial charge in [-0.3, -0.25) is 0 Å². The second kappa shape index (κ2) is 20.2. The Labute approximate surface area is 316 Å². The maximum absolute atomic E-state index is 11.8. The number of carboxylic acid groups (broad SMARTS) is 2. The Hall–Kier alpha value is -3.96. The molecular weight excluding hydrogens is 690 g/mol. The molecule has 51 heavy (non-hydrogen) atoms. The minimum atomic E-state index is -1.10. The summed E-state index contributed by atoms with van der Waals surface area (Å²) in [4.78, 5) is 23.6. The quantitative estimate of drug-likeness (QED) is 0.0725. The van der Waals surface area contributed by atoms with Crippen molar-refractivity contribution in [3.63, 3.8) is 0 Å². The van der Waals surface area contributed by atoms with Gasteiger partial charge in [-0.05, 0) is 72.2 Å². The van der Waals surface area contributed by atoms with Gasteiger partial charge >= 0.3 is 19.5 Å². The van der Waals surface area contributed by atoms with Crippen molar-refractivity contribution >= 4 is 11.9 Å². The standard InChI is InChI=1S/2C22H26O3.Zn/c2*1-2-3-4-5-6-7-10-16-13-14-20-18(21(16)22(23)24)15-17-11-8-9-12-19(17)25-20;/h2*8-9,11-14H,2-7,10,15H2,1H3,(H,23,24);/q;;+2/p-2. The molecule has 0 fully saturated rings. The predicted octanol–water partition coefficient (Wildman–Crippen LogP) is 9.30. The molecule has 4 aromatic carbocycles. The van der Waals surface area contributed by atoms with Gasteiger partial charge in [0.05, 0.1) is 11.9 Å². The number of fused-ring (bicyclic) bond motifs is 4. The number of carbonyl (C=O) groups excluding carboxylic acids is 2. The molecule has 2 aliphatic heterocycles. The van der Waals surface area contributed by atoms with E-state index in [0.29, 0.717) is 35.5 Å². The molecule has 0 radical (unpaired) electrons. The van der Waals surface area contributed by atoms with Crippen molar-refractivity contribution in [3.8, 4) is 23.0 Å². The molecule has 0 saturated carbocycles. The fourth-order valence-corrected chi connectivity index (χ4v) is 7.13. The number of benzene rings is 4. The Morgan fingerprint density at radius 1 is 0.510 bits per heavy atom. The predicted molar refractivity (Wildman–Crippen MR) is 194 cm³/mol. The molecule has 0 aliphatic carbocycles. The van der Waals surface area contributed by atoms with Gasteiger partial charge in [0.25, 0.3) is 0 Å². The molecular formula is C44H50O6Zn. The van der Waals surface area contributed by atoms with Crippen molar-refractivity contribution in [1.82, 2.24) is 0 Å². The SMILES string of the molecule is CCCCCCCCc1ccc2c(c1C(=O)[O-])Cc1ccccc1O2.CCCCCCCCc1ccc2c(c1C(=O)[O-])Cc1ccccc1O2.[Zn+2]. The molecule has 0 atom stereocenters. The van der Waals surface area contributed by atoms with Crippen LogP contribution in [0.3, 0.4) is 0 Å². The molecule has 0 aromatic heterocycles. The smallest absolute Gasteiger partial charge is 0.545 e. The van der Waals surface area contributed by atoms with E-state index >= 15 is 0 Å². The van der Waals surface area contributed by atoms with Crippen LogP contribution in [0, 0.1) is 0 Å². The number of carboxylic acids is 2.